The van der Waals surface area contributed by atoms with Crippen molar-refractivity contribution in [1.29, 1.82) is 0 Å². The summed E-state index contributed by atoms with van der Waals surface area (Å²) in [6.45, 7) is 10.7. The van der Waals surface area contributed by atoms with E-state index in [4.69, 9.17) is 11.6 Å². The van der Waals surface area contributed by atoms with E-state index in [1.54, 1.807) is 0 Å². The number of nitrogens with zero attached hydrogens (tertiary/aromatic N) is 1. The molecule has 96 valence electrons. The highest BCUT2D eigenvalue weighted by Crippen LogP contribution is 2.14. The molecule has 0 radical (unpaired) electrons. The van der Waals surface area contributed by atoms with Crippen molar-refractivity contribution in [2.24, 2.45) is 0 Å². The van der Waals surface area contributed by atoms with E-state index >= 15 is 0 Å². The Bertz CT molecular complexity index is 324. The summed E-state index contributed by atoms with van der Waals surface area (Å²) in [7, 11) is 0. The van der Waals surface area contributed by atoms with Crippen LogP contribution in [0, 0.1) is 0 Å². The van der Waals surface area contributed by atoms with Crippen LogP contribution in [0.3, 0.4) is 0 Å². The minimum Gasteiger partial charge on any atom is -0.309 e. The average molecular weight is 255 g/mol. The van der Waals surface area contributed by atoms with Gasteiger partial charge in [-0.3, -0.25) is 0 Å². The van der Waals surface area contributed by atoms with Gasteiger partial charge < -0.3 is 10.2 Å². The van der Waals surface area contributed by atoms with Crippen molar-refractivity contribution in [2.45, 2.75) is 33.4 Å². The molecule has 0 saturated heterocycles. The first-order valence-corrected chi connectivity index (χ1v) is 6.74. The van der Waals surface area contributed by atoms with Crippen LogP contribution in [0.15, 0.2) is 24.3 Å². The topological polar surface area (TPSA) is 15.3 Å². The predicted octanol–water partition coefficient (Wildman–Crippen LogP) is 3.16. The molecule has 3 heteroatoms. The van der Waals surface area contributed by atoms with E-state index in [2.05, 4.69) is 37.1 Å². The van der Waals surface area contributed by atoms with Gasteiger partial charge in [0, 0.05) is 24.2 Å². The van der Waals surface area contributed by atoms with Gasteiger partial charge in [0.15, 0.2) is 0 Å². The van der Waals surface area contributed by atoms with Gasteiger partial charge in [-0.05, 0) is 31.6 Å². The van der Waals surface area contributed by atoms with Crippen molar-refractivity contribution in [3.05, 3.63) is 34.9 Å². The van der Waals surface area contributed by atoms with Gasteiger partial charge in [0.25, 0.3) is 0 Å². The van der Waals surface area contributed by atoms with Crippen LogP contribution in [-0.2, 0) is 6.54 Å². The summed E-state index contributed by atoms with van der Waals surface area (Å²) in [6.07, 6.45) is 0. The van der Waals surface area contributed by atoms with Crippen LogP contribution in [0.4, 0.5) is 0 Å². The third-order valence-corrected chi connectivity index (χ3v) is 3.39. The summed E-state index contributed by atoms with van der Waals surface area (Å²) in [5.41, 5.74) is 1.17. The lowest BCUT2D eigenvalue weighted by Crippen LogP contribution is -2.38. The minimum atomic E-state index is 0.478. The van der Waals surface area contributed by atoms with Crippen molar-refractivity contribution < 1.29 is 0 Å². The van der Waals surface area contributed by atoms with Gasteiger partial charge in [-0.2, -0.15) is 0 Å². The second-order valence-corrected chi connectivity index (χ2v) is 4.77. The Balaban J connectivity index is 2.38. The summed E-state index contributed by atoms with van der Waals surface area (Å²) in [5, 5.41) is 4.36. The van der Waals surface area contributed by atoms with Gasteiger partial charge in [0.1, 0.15) is 0 Å². The molecule has 1 unspecified atom stereocenters. The first kappa shape index (κ1) is 14.5. The molecule has 0 fully saturated rings. The summed E-state index contributed by atoms with van der Waals surface area (Å²) in [5.74, 6) is 0. The normalized spacial score (nSPS) is 13.0. The van der Waals surface area contributed by atoms with Crippen LogP contribution in [0.2, 0.25) is 5.02 Å². The fourth-order valence-corrected chi connectivity index (χ4v) is 2.06. The number of benzene rings is 1. The van der Waals surface area contributed by atoms with E-state index in [-0.39, 0.29) is 0 Å². The fourth-order valence-electron chi connectivity index (χ4n) is 1.86. The van der Waals surface area contributed by atoms with Gasteiger partial charge in [0.05, 0.1) is 0 Å². The zero-order chi connectivity index (χ0) is 12.7. The molecular formula is C14H23ClN2. The molecule has 0 aliphatic carbocycles. The summed E-state index contributed by atoms with van der Waals surface area (Å²) in [6, 6.07) is 8.47. The Morgan fingerprint density at radius 2 is 1.88 bits per heavy atom. The molecule has 1 rings (SSSR count). The third kappa shape index (κ3) is 5.07. The first-order valence-electron chi connectivity index (χ1n) is 6.36. The molecule has 0 aliphatic rings. The first-order chi connectivity index (χ1) is 8.17. The van der Waals surface area contributed by atoms with Crippen LogP contribution >= 0.6 is 11.6 Å². The maximum Gasteiger partial charge on any atom is 0.0450 e. The molecule has 0 saturated carbocycles. The Morgan fingerprint density at radius 1 is 1.24 bits per heavy atom. The van der Waals surface area contributed by atoms with Gasteiger partial charge in [-0.15, -0.1) is 0 Å². The Kier molecular flexibility index (Phi) is 6.56. The highest BCUT2D eigenvalue weighted by atomic mass is 35.5. The Hall–Kier alpha value is -0.570. The van der Waals surface area contributed by atoms with Crippen LogP contribution in [0.1, 0.15) is 26.3 Å². The molecule has 0 aliphatic heterocycles. The Morgan fingerprint density at radius 3 is 2.47 bits per heavy atom. The minimum absolute atomic E-state index is 0.478. The van der Waals surface area contributed by atoms with E-state index in [1.807, 2.05) is 18.2 Å². The van der Waals surface area contributed by atoms with Crippen molar-refractivity contribution in [3.8, 4) is 0 Å². The summed E-state index contributed by atoms with van der Waals surface area (Å²) in [4.78, 5) is 2.42. The number of nitrogens with one attached hydrogen (secondary N) is 1. The van der Waals surface area contributed by atoms with E-state index in [0.29, 0.717) is 6.04 Å². The van der Waals surface area contributed by atoms with Crippen molar-refractivity contribution in [3.63, 3.8) is 0 Å². The van der Waals surface area contributed by atoms with Crippen LogP contribution in [0.5, 0.6) is 0 Å². The molecule has 0 spiro atoms. The van der Waals surface area contributed by atoms with E-state index < -0.39 is 0 Å². The summed E-state index contributed by atoms with van der Waals surface area (Å²) >= 11 is 6.12. The predicted molar refractivity (Wildman–Crippen MR) is 75.5 cm³/mol. The van der Waals surface area contributed by atoms with Gasteiger partial charge in [-0.25, -0.2) is 0 Å². The second kappa shape index (κ2) is 7.70. The molecule has 17 heavy (non-hydrogen) atoms. The molecule has 0 heterocycles. The molecule has 0 bridgehead atoms. The lowest BCUT2D eigenvalue weighted by atomic mass is 10.2. The maximum atomic E-state index is 6.12. The van der Waals surface area contributed by atoms with E-state index in [1.165, 1.54) is 5.56 Å². The Labute approximate surface area is 110 Å². The smallest absolute Gasteiger partial charge is 0.0450 e. The van der Waals surface area contributed by atoms with Crippen LogP contribution in [-0.4, -0.2) is 30.6 Å². The van der Waals surface area contributed by atoms with E-state index in [0.717, 1.165) is 31.2 Å². The molecule has 0 amide bonds. The lowest BCUT2D eigenvalue weighted by molar-refractivity contribution is 0.270. The van der Waals surface area contributed by atoms with Crippen LogP contribution < -0.4 is 5.32 Å². The van der Waals surface area contributed by atoms with E-state index in [9.17, 15) is 0 Å². The zero-order valence-electron chi connectivity index (χ0n) is 11.0. The van der Waals surface area contributed by atoms with Crippen molar-refractivity contribution in [2.75, 3.05) is 19.6 Å². The molecule has 0 aromatic heterocycles. The maximum absolute atomic E-state index is 6.12. The molecule has 1 atom stereocenters. The zero-order valence-corrected chi connectivity index (χ0v) is 11.8. The molecule has 1 N–H and O–H groups in total. The molecule has 2 nitrogen and oxygen atoms in total. The fraction of sp³-hybridized carbons (Fsp3) is 0.571. The highest BCUT2D eigenvalue weighted by Gasteiger charge is 2.07. The molecule has 1 aromatic carbocycles. The summed E-state index contributed by atoms with van der Waals surface area (Å²) < 4.78 is 0. The van der Waals surface area contributed by atoms with Gasteiger partial charge in [0.2, 0.25) is 0 Å². The standard InChI is InChI=1S/C14H23ClN2/c1-4-17(5-2)11-12(3)16-10-13-8-6-7-9-14(13)15/h6-9,12,16H,4-5,10-11H2,1-3H3. The average Bonchev–Trinajstić information content (AvgIpc) is 2.35. The largest absolute Gasteiger partial charge is 0.309 e. The number of hydrogen-bond donors (Lipinski definition) is 1. The number of rotatable bonds is 7. The van der Waals surface area contributed by atoms with Crippen LogP contribution in [0.25, 0.3) is 0 Å². The second-order valence-electron chi connectivity index (χ2n) is 4.36. The number of hydrogen-bond acceptors (Lipinski definition) is 2. The van der Waals surface area contributed by atoms with Gasteiger partial charge in [-0.1, -0.05) is 43.6 Å². The SMILES string of the molecule is CCN(CC)CC(C)NCc1ccccc1Cl. The third-order valence-electron chi connectivity index (χ3n) is 3.03. The number of halogens is 1. The van der Waals surface area contributed by atoms with Gasteiger partial charge >= 0.3 is 0 Å². The highest BCUT2D eigenvalue weighted by molar-refractivity contribution is 6.31. The molecule has 1 aromatic rings. The van der Waals surface area contributed by atoms with Crippen molar-refractivity contribution >= 4 is 11.6 Å². The molecular weight excluding hydrogens is 232 g/mol. The quantitative estimate of drug-likeness (QED) is 0.804. The number of likely N-dealkylation sites (N-methyl/N-ethyl adjacent to an activating group) is 1. The van der Waals surface area contributed by atoms with Crippen molar-refractivity contribution in [1.82, 2.24) is 10.2 Å². The monoisotopic (exact) mass is 254 g/mol. The lowest BCUT2D eigenvalue weighted by Gasteiger charge is -2.23.